The number of hydrogen-bond acceptors (Lipinski definition) is 6. The second-order valence-corrected chi connectivity index (χ2v) is 6.57. The Morgan fingerprint density at radius 1 is 1.25 bits per heavy atom. The zero-order valence-electron chi connectivity index (χ0n) is 16.2. The van der Waals surface area contributed by atoms with E-state index in [1.54, 1.807) is 16.8 Å². The molecule has 0 aliphatic heterocycles. The van der Waals surface area contributed by atoms with Gasteiger partial charge in [0.25, 0.3) is 5.56 Å². The summed E-state index contributed by atoms with van der Waals surface area (Å²) in [6.07, 6.45) is 2.93. The largest absolute Gasteiger partial charge is 0.339 e. The van der Waals surface area contributed by atoms with Crippen LogP contribution in [-0.4, -0.2) is 25.6 Å². The van der Waals surface area contributed by atoms with Gasteiger partial charge >= 0.3 is 0 Å². The van der Waals surface area contributed by atoms with Crippen LogP contribution in [0.15, 0.2) is 39.8 Å². The van der Waals surface area contributed by atoms with Crippen LogP contribution in [0, 0.1) is 13.8 Å². The van der Waals surface area contributed by atoms with Gasteiger partial charge in [0, 0.05) is 31.3 Å². The van der Waals surface area contributed by atoms with E-state index in [0.29, 0.717) is 23.8 Å². The predicted molar refractivity (Wildman–Crippen MR) is 105 cm³/mol. The van der Waals surface area contributed by atoms with Crippen LogP contribution in [0.5, 0.6) is 0 Å². The van der Waals surface area contributed by atoms with Gasteiger partial charge in [-0.3, -0.25) is 9.59 Å². The Morgan fingerprint density at radius 3 is 2.82 bits per heavy atom. The molecule has 0 radical (unpaired) electrons. The van der Waals surface area contributed by atoms with Crippen molar-refractivity contribution in [2.75, 3.05) is 5.32 Å². The highest BCUT2D eigenvalue weighted by Crippen LogP contribution is 2.14. The van der Waals surface area contributed by atoms with E-state index in [9.17, 15) is 9.59 Å². The predicted octanol–water partition coefficient (Wildman–Crippen LogP) is 2.89. The molecule has 0 unspecified atom stereocenters. The van der Waals surface area contributed by atoms with Crippen LogP contribution in [0.3, 0.4) is 0 Å². The number of carbonyl (C=O) groups excluding carboxylic acids is 1. The van der Waals surface area contributed by atoms with E-state index < -0.39 is 0 Å². The average Bonchev–Trinajstić information content (AvgIpc) is 3.14. The lowest BCUT2D eigenvalue weighted by molar-refractivity contribution is -0.116. The Labute approximate surface area is 162 Å². The molecule has 28 heavy (non-hydrogen) atoms. The van der Waals surface area contributed by atoms with Crippen molar-refractivity contribution < 1.29 is 9.32 Å². The van der Waals surface area contributed by atoms with Crippen LogP contribution in [0.4, 0.5) is 5.82 Å². The van der Waals surface area contributed by atoms with Crippen LogP contribution < -0.4 is 10.9 Å². The molecule has 0 atom stereocenters. The van der Waals surface area contributed by atoms with E-state index in [1.165, 1.54) is 0 Å². The molecular weight excluding hydrogens is 358 g/mol. The number of nitrogens with one attached hydrogen (secondary N) is 1. The monoisotopic (exact) mass is 381 g/mol. The molecule has 8 nitrogen and oxygen atoms in total. The summed E-state index contributed by atoms with van der Waals surface area (Å²) in [5, 5.41) is 6.67. The molecule has 0 bridgehead atoms. The van der Waals surface area contributed by atoms with Crippen LogP contribution >= 0.6 is 0 Å². The minimum atomic E-state index is -0.192. The molecule has 1 amide bonds. The van der Waals surface area contributed by atoms with Gasteiger partial charge in [-0.05, 0) is 44.0 Å². The van der Waals surface area contributed by atoms with Crippen molar-refractivity contribution in [1.29, 1.82) is 0 Å². The van der Waals surface area contributed by atoms with Crippen molar-refractivity contribution >= 4 is 11.7 Å². The standard InChI is InChI=1S/C20H23N5O3/c1-4-12-25-14(3)7-8-15(20(25)27)19-23-17(28-24-19)10-9-16(26)22-18-13(2)6-5-11-21-18/h5-8,11H,4,9-10,12H2,1-3H3,(H,21,22,26). The molecule has 0 aliphatic rings. The fraction of sp³-hybridized carbons (Fsp3) is 0.350. The fourth-order valence-corrected chi connectivity index (χ4v) is 2.84. The van der Waals surface area contributed by atoms with Gasteiger partial charge in [0.05, 0.1) is 5.56 Å². The van der Waals surface area contributed by atoms with Crippen LogP contribution in [0.25, 0.3) is 11.4 Å². The molecule has 3 heterocycles. The molecule has 3 aromatic heterocycles. The smallest absolute Gasteiger partial charge is 0.261 e. The number of hydrogen-bond donors (Lipinski definition) is 1. The average molecular weight is 381 g/mol. The zero-order valence-corrected chi connectivity index (χ0v) is 16.2. The Hall–Kier alpha value is -3.29. The summed E-state index contributed by atoms with van der Waals surface area (Å²) in [6, 6.07) is 7.25. The Kier molecular flexibility index (Phi) is 5.98. The second-order valence-electron chi connectivity index (χ2n) is 6.57. The lowest BCUT2D eigenvalue weighted by atomic mass is 10.2. The molecule has 0 spiro atoms. The summed E-state index contributed by atoms with van der Waals surface area (Å²) in [5.41, 5.74) is 2.03. The number of nitrogens with zero attached hydrogens (tertiary/aromatic N) is 4. The number of rotatable bonds is 7. The molecule has 0 fully saturated rings. The van der Waals surface area contributed by atoms with E-state index in [2.05, 4.69) is 20.4 Å². The maximum absolute atomic E-state index is 12.7. The van der Waals surface area contributed by atoms with Gasteiger partial charge in [0.1, 0.15) is 5.82 Å². The molecule has 3 aromatic rings. The first-order valence-corrected chi connectivity index (χ1v) is 9.24. The second kappa shape index (κ2) is 8.60. The van der Waals surface area contributed by atoms with E-state index >= 15 is 0 Å². The summed E-state index contributed by atoms with van der Waals surface area (Å²) < 4.78 is 6.93. The highest BCUT2D eigenvalue weighted by atomic mass is 16.5. The van der Waals surface area contributed by atoms with Crippen molar-refractivity contribution in [3.63, 3.8) is 0 Å². The maximum Gasteiger partial charge on any atom is 0.261 e. The molecule has 8 heteroatoms. The maximum atomic E-state index is 12.7. The highest BCUT2D eigenvalue weighted by Gasteiger charge is 2.15. The quantitative estimate of drug-likeness (QED) is 0.675. The molecule has 0 aliphatic carbocycles. The van der Waals surface area contributed by atoms with Gasteiger partial charge < -0.3 is 14.4 Å². The van der Waals surface area contributed by atoms with Crippen LogP contribution in [-0.2, 0) is 17.8 Å². The Balaban J connectivity index is 1.68. The van der Waals surface area contributed by atoms with Gasteiger partial charge in [-0.15, -0.1) is 0 Å². The third kappa shape index (κ3) is 4.33. The Morgan fingerprint density at radius 2 is 2.07 bits per heavy atom. The summed E-state index contributed by atoms with van der Waals surface area (Å²) >= 11 is 0. The lowest BCUT2D eigenvalue weighted by Crippen LogP contribution is -2.23. The van der Waals surface area contributed by atoms with Gasteiger partial charge in [-0.25, -0.2) is 4.98 Å². The van der Waals surface area contributed by atoms with E-state index in [-0.39, 0.29) is 30.1 Å². The van der Waals surface area contributed by atoms with E-state index in [4.69, 9.17) is 4.52 Å². The first-order chi connectivity index (χ1) is 13.5. The number of aromatic nitrogens is 4. The number of amides is 1. The van der Waals surface area contributed by atoms with Crippen molar-refractivity contribution in [2.45, 2.75) is 46.6 Å². The molecule has 0 aromatic carbocycles. The first-order valence-electron chi connectivity index (χ1n) is 9.24. The molecule has 1 N–H and O–H groups in total. The Bertz CT molecular complexity index is 1040. The first kappa shape index (κ1) is 19.5. The number of aryl methyl sites for hydroxylation is 3. The van der Waals surface area contributed by atoms with E-state index in [0.717, 1.165) is 17.7 Å². The summed E-state index contributed by atoms with van der Waals surface area (Å²) in [7, 11) is 0. The van der Waals surface area contributed by atoms with Gasteiger partial charge in [-0.1, -0.05) is 18.1 Å². The topological polar surface area (TPSA) is 103 Å². The van der Waals surface area contributed by atoms with Crippen molar-refractivity contribution in [1.82, 2.24) is 19.7 Å². The van der Waals surface area contributed by atoms with Gasteiger partial charge in [0.2, 0.25) is 17.6 Å². The van der Waals surface area contributed by atoms with Crippen molar-refractivity contribution in [3.05, 3.63) is 58.0 Å². The van der Waals surface area contributed by atoms with Gasteiger partial charge in [-0.2, -0.15) is 4.98 Å². The van der Waals surface area contributed by atoms with Gasteiger partial charge in [0.15, 0.2) is 0 Å². The third-order valence-corrected chi connectivity index (χ3v) is 4.38. The summed E-state index contributed by atoms with van der Waals surface area (Å²) in [6.45, 7) is 6.42. The summed E-state index contributed by atoms with van der Waals surface area (Å²) in [4.78, 5) is 33.2. The minimum Gasteiger partial charge on any atom is -0.339 e. The number of pyridine rings is 2. The van der Waals surface area contributed by atoms with Crippen LogP contribution in [0.2, 0.25) is 0 Å². The van der Waals surface area contributed by atoms with Crippen LogP contribution in [0.1, 0.15) is 36.9 Å². The lowest BCUT2D eigenvalue weighted by Gasteiger charge is -2.09. The normalized spacial score (nSPS) is 10.8. The number of carbonyl (C=O) groups is 1. The van der Waals surface area contributed by atoms with E-state index in [1.807, 2.05) is 39.0 Å². The minimum absolute atomic E-state index is 0.141. The zero-order chi connectivity index (χ0) is 20.1. The SMILES string of the molecule is CCCn1c(C)ccc(-c2noc(CCC(=O)Nc3ncccc3C)n2)c1=O. The molecule has 0 saturated heterocycles. The molecule has 146 valence electrons. The van der Waals surface area contributed by atoms with Crippen molar-refractivity contribution in [2.24, 2.45) is 0 Å². The third-order valence-electron chi connectivity index (χ3n) is 4.38. The molecular formula is C20H23N5O3. The fourth-order valence-electron chi connectivity index (χ4n) is 2.84. The molecule has 0 saturated carbocycles. The van der Waals surface area contributed by atoms with Crippen molar-refractivity contribution in [3.8, 4) is 11.4 Å². The number of anilines is 1. The summed E-state index contributed by atoms with van der Waals surface area (Å²) in [5.74, 6) is 0.896. The highest BCUT2D eigenvalue weighted by molar-refractivity contribution is 5.90. The molecule has 3 rings (SSSR count).